The number of benzene rings is 1. The predicted molar refractivity (Wildman–Crippen MR) is 86.5 cm³/mol. The van der Waals surface area contributed by atoms with Crippen LogP contribution in [0.25, 0.3) is 0 Å². The molecule has 0 bridgehead atoms. The van der Waals surface area contributed by atoms with Crippen molar-refractivity contribution in [3.63, 3.8) is 0 Å². The van der Waals surface area contributed by atoms with Gasteiger partial charge in [-0.25, -0.2) is 4.98 Å². The van der Waals surface area contributed by atoms with Crippen molar-refractivity contribution in [2.45, 2.75) is 26.3 Å². The van der Waals surface area contributed by atoms with Crippen molar-refractivity contribution in [3.8, 4) is 11.5 Å². The number of nitrogens with one attached hydrogen (secondary N) is 1. The van der Waals surface area contributed by atoms with Crippen molar-refractivity contribution in [2.75, 3.05) is 20.8 Å². The van der Waals surface area contributed by atoms with Crippen LogP contribution in [-0.2, 0) is 0 Å². The predicted octanol–water partition coefficient (Wildman–Crippen LogP) is 3.56. The van der Waals surface area contributed by atoms with Crippen molar-refractivity contribution in [3.05, 3.63) is 39.8 Å². The molecule has 0 amide bonds. The monoisotopic (exact) mass is 306 g/mol. The second-order valence-corrected chi connectivity index (χ2v) is 5.72. The fourth-order valence-electron chi connectivity index (χ4n) is 2.23. The molecule has 1 heterocycles. The third kappa shape index (κ3) is 3.74. The van der Waals surface area contributed by atoms with Gasteiger partial charge >= 0.3 is 0 Å². The summed E-state index contributed by atoms with van der Waals surface area (Å²) in [6, 6.07) is 6.10. The SMILES string of the molecule is CCCNC(c1cc(OC)cc(OC)c1)c1scnc1C. The van der Waals surface area contributed by atoms with E-state index in [1.807, 2.05) is 18.5 Å². The summed E-state index contributed by atoms with van der Waals surface area (Å²) in [5, 5.41) is 3.59. The number of ether oxygens (including phenoxy) is 2. The van der Waals surface area contributed by atoms with Gasteiger partial charge in [0.05, 0.1) is 31.5 Å². The second kappa shape index (κ2) is 7.43. The molecule has 0 aliphatic carbocycles. The van der Waals surface area contributed by atoms with Gasteiger partial charge < -0.3 is 14.8 Å². The summed E-state index contributed by atoms with van der Waals surface area (Å²) in [6.07, 6.45) is 1.08. The zero-order valence-electron chi connectivity index (χ0n) is 13.0. The number of aryl methyl sites for hydroxylation is 1. The summed E-state index contributed by atoms with van der Waals surface area (Å²) in [4.78, 5) is 5.61. The van der Waals surface area contributed by atoms with E-state index in [4.69, 9.17) is 9.47 Å². The molecule has 114 valence electrons. The Kier molecular flexibility index (Phi) is 5.59. The molecule has 1 aromatic heterocycles. The molecule has 0 fully saturated rings. The Bertz CT molecular complexity index is 561. The quantitative estimate of drug-likeness (QED) is 0.849. The molecule has 1 unspecified atom stereocenters. The summed E-state index contributed by atoms with van der Waals surface area (Å²) in [5.74, 6) is 1.60. The number of aromatic nitrogens is 1. The van der Waals surface area contributed by atoms with Gasteiger partial charge in [-0.3, -0.25) is 0 Å². The van der Waals surface area contributed by atoms with Crippen molar-refractivity contribution in [1.82, 2.24) is 10.3 Å². The zero-order valence-corrected chi connectivity index (χ0v) is 13.8. The van der Waals surface area contributed by atoms with E-state index in [-0.39, 0.29) is 6.04 Å². The van der Waals surface area contributed by atoms with Crippen molar-refractivity contribution < 1.29 is 9.47 Å². The highest BCUT2D eigenvalue weighted by Gasteiger charge is 2.19. The molecule has 2 rings (SSSR count). The Balaban J connectivity index is 2.43. The number of hydrogen-bond donors (Lipinski definition) is 1. The summed E-state index contributed by atoms with van der Waals surface area (Å²) in [7, 11) is 3.34. The average Bonchev–Trinajstić information content (AvgIpc) is 2.93. The van der Waals surface area contributed by atoms with Gasteiger partial charge in [0.2, 0.25) is 0 Å². The Morgan fingerprint density at radius 1 is 1.19 bits per heavy atom. The first kappa shape index (κ1) is 15.8. The van der Waals surface area contributed by atoms with Gasteiger partial charge in [-0.1, -0.05) is 6.92 Å². The van der Waals surface area contributed by atoms with E-state index in [9.17, 15) is 0 Å². The van der Waals surface area contributed by atoms with Crippen LogP contribution in [0.15, 0.2) is 23.7 Å². The highest BCUT2D eigenvalue weighted by Crippen LogP contribution is 2.32. The maximum atomic E-state index is 5.38. The van der Waals surface area contributed by atoms with Crippen molar-refractivity contribution >= 4 is 11.3 Å². The Morgan fingerprint density at radius 2 is 1.86 bits per heavy atom. The van der Waals surface area contributed by atoms with Crippen LogP contribution in [0.2, 0.25) is 0 Å². The molecule has 21 heavy (non-hydrogen) atoms. The first-order chi connectivity index (χ1) is 10.2. The molecule has 2 aromatic rings. The lowest BCUT2D eigenvalue weighted by Crippen LogP contribution is -2.23. The maximum Gasteiger partial charge on any atom is 0.122 e. The van der Waals surface area contributed by atoms with Crippen LogP contribution < -0.4 is 14.8 Å². The molecule has 5 heteroatoms. The van der Waals surface area contributed by atoms with Gasteiger partial charge in [0.1, 0.15) is 11.5 Å². The molecule has 4 nitrogen and oxygen atoms in total. The van der Waals surface area contributed by atoms with Crippen LogP contribution in [0.3, 0.4) is 0 Å². The fourth-order valence-corrected chi connectivity index (χ4v) is 3.14. The normalized spacial score (nSPS) is 12.2. The molecule has 0 aliphatic heterocycles. The summed E-state index contributed by atoms with van der Waals surface area (Å²) in [5.41, 5.74) is 4.09. The Labute approximate surface area is 130 Å². The van der Waals surface area contributed by atoms with Crippen LogP contribution in [-0.4, -0.2) is 25.7 Å². The molecular formula is C16H22N2O2S. The molecule has 1 aromatic carbocycles. The first-order valence-electron chi connectivity index (χ1n) is 7.06. The van der Waals surface area contributed by atoms with Gasteiger partial charge in [-0.05, 0) is 37.6 Å². The minimum absolute atomic E-state index is 0.112. The molecule has 1 N–H and O–H groups in total. The van der Waals surface area contributed by atoms with E-state index in [1.165, 1.54) is 4.88 Å². The number of hydrogen-bond acceptors (Lipinski definition) is 5. The molecule has 0 saturated heterocycles. The summed E-state index contributed by atoms with van der Waals surface area (Å²) >= 11 is 1.67. The van der Waals surface area contributed by atoms with Gasteiger partial charge in [-0.15, -0.1) is 11.3 Å². The lowest BCUT2D eigenvalue weighted by Gasteiger charge is -2.20. The number of nitrogens with zero attached hydrogens (tertiary/aromatic N) is 1. The van der Waals surface area contributed by atoms with Gasteiger partial charge in [0.25, 0.3) is 0 Å². The third-order valence-corrected chi connectivity index (χ3v) is 4.35. The lowest BCUT2D eigenvalue weighted by molar-refractivity contribution is 0.392. The van der Waals surface area contributed by atoms with E-state index in [2.05, 4.69) is 29.4 Å². The zero-order chi connectivity index (χ0) is 15.2. The topological polar surface area (TPSA) is 43.4 Å². The highest BCUT2D eigenvalue weighted by atomic mass is 32.1. The molecular weight excluding hydrogens is 284 g/mol. The van der Waals surface area contributed by atoms with E-state index in [0.717, 1.165) is 35.7 Å². The maximum absolute atomic E-state index is 5.38. The minimum Gasteiger partial charge on any atom is -0.497 e. The molecule has 1 atom stereocenters. The smallest absolute Gasteiger partial charge is 0.122 e. The van der Waals surface area contributed by atoms with Gasteiger partial charge in [0, 0.05) is 10.9 Å². The molecule has 0 saturated carbocycles. The number of rotatable bonds is 7. The number of methoxy groups -OCH3 is 2. The van der Waals surface area contributed by atoms with E-state index >= 15 is 0 Å². The van der Waals surface area contributed by atoms with Crippen LogP contribution in [0.5, 0.6) is 11.5 Å². The van der Waals surface area contributed by atoms with Crippen LogP contribution in [0.1, 0.15) is 35.5 Å². The number of thiazole rings is 1. The van der Waals surface area contributed by atoms with E-state index in [0.29, 0.717) is 0 Å². The molecule has 0 aliphatic rings. The standard InChI is InChI=1S/C16H22N2O2S/c1-5-6-17-15(16-11(2)18-10-21-16)12-7-13(19-3)9-14(8-12)20-4/h7-10,15,17H,5-6H2,1-4H3. The van der Waals surface area contributed by atoms with E-state index in [1.54, 1.807) is 25.6 Å². The van der Waals surface area contributed by atoms with Crippen molar-refractivity contribution in [1.29, 1.82) is 0 Å². The van der Waals surface area contributed by atoms with Crippen LogP contribution in [0.4, 0.5) is 0 Å². The summed E-state index contributed by atoms with van der Waals surface area (Å²) < 4.78 is 10.8. The average molecular weight is 306 g/mol. The van der Waals surface area contributed by atoms with E-state index < -0.39 is 0 Å². The van der Waals surface area contributed by atoms with Gasteiger partial charge in [-0.2, -0.15) is 0 Å². The highest BCUT2D eigenvalue weighted by molar-refractivity contribution is 7.09. The molecule has 0 spiro atoms. The van der Waals surface area contributed by atoms with Gasteiger partial charge in [0.15, 0.2) is 0 Å². The molecule has 0 radical (unpaired) electrons. The first-order valence-corrected chi connectivity index (χ1v) is 7.93. The Hall–Kier alpha value is -1.59. The minimum atomic E-state index is 0.112. The largest absolute Gasteiger partial charge is 0.497 e. The van der Waals surface area contributed by atoms with Crippen LogP contribution in [0, 0.1) is 6.92 Å². The Morgan fingerprint density at radius 3 is 2.33 bits per heavy atom. The third-order valence-electron chi connectivity index (χ3n) is 3.35. The van der Waals surface area contributed by atoms with Crippen LogP contribution >= 0.6 is 11.3 Å². The lowest BCUT2D eigenvalue weighted by atomic mass is 10.0. The second-order valence-electron chi connectivity index (χ2n) is 4.84. The van der Waals surface area contributed by atoms with Crippen molar-refractivity contribution in [2.24, 2.45) is 0 Å². The summed E-state index contributed by atoms with van der Waals surface area (Å²) in [6.45, 7) is 5.15. The fraction of sp³-hybridized carbons (Fsp3) is 0.438.